The first kappa shape index (κ1) is 19.6. The Hall–Kier alpha value is -3.13. The van der Waals surface area contributed by atoms with Gasteiger partial charge in [0, 0.05) is 6.54 Å². The van der Waals surface area contributed by atoms with Crippen LogP contribution < -0.4 is 10.1 Å². The van der Waals surface area contributed by atoms with Crippen LogP contribution in [0.2, 0.25) is 0 Å². The molecule has 0 aliphatic heterocycles. The Balaban J connectivity index is 1.64. The summed E-state index contributed by atoms with van der Waals surface area (Å²) < 4.78 is 15.6. The van der Waals surface area contributed by atoms with Gasteiger partial charge in [-0.15, -0.1) is 11.3 Å². The Kier molecular flexibility index (Phi) is 6.10. The van der Waals surface area contributed by atoms with Crippen molar-refractivity contribution in [3.8, 4) is 16.5 Å². The van der Waals surface area contributed by atoms with Gasteiger partial charge in [0.15, 0.2) is 0 Å². The summed E-state index contributed by atoms with van der Waals surface area (Å²) >= 11 is 1.53. The number of hydrogen-bond donors (Lipinski definition) is 1. The lowest BCUT2D eigenvalue weighted by atomic mass is 10.1. The third-order valence-electron chi connectivity index (χ3n) is 4.11. The molecule has 1 amide bonds. The quantitative estimate of drug-likeness (QED) is 0.612. The number of nitrogens with one attached hydrogen (secondary N) is 1. The van der Waals surface area contributed by atoms with Crippen LogP contribution in [0.25, 0.3) is 10.8 Å². The van der Waals surface area contributed by atoms with Crippen molar-refractivity contribution in [2.24, 2.45) is 0 Å². The van der Waals surface area contributed by atoms with Gasteiger partial charge in [0.1, 0.15) is 17.1 Å². The molecule has 7 nitrogen and oxygen atoms in total. The van der Waals surface area contributed by atoms with Gasteiger partial charge in [-0.3, -0.25) is 4.79 Å². The average Bonchev–Trinajstić information content (AvgIpc) is 3.36. The van der Waals surface area contributed by atoms with Crippen LogP contribution in [0.15, 0.2) is 40.1 Å². The van der Waals surface area contributed by atoms with Crippen LogP contribution >= 0.6 is 11.3 Å². The maximum absolute atomic E-state index is 12.3. The number of aryl methyl sites for hydroxylation is 1. The van der Waals surface area contributed by atoms with Crippen molar-refractivity contribution in [2.45, 2.75) is 19.9 Å². The Morgan fingerprint density at radius 1 is 1.25 bits per heavy atom. The van der Waals surface area contributed by atoms with Gasteiger partial charge in [-0.2, -0.15) is 0 Å². The minimum absolute atomic E-state index is 0.112. The molecule has 0 radical (unpaired) electrons. The molecule has 0 saturated heterocycles. The van der Waals surface area contributed by atoms with Crippen molar-refractivity contribution < 1.29 is 23.5 Å². The van der Waals surface area contributed by atoms with E-state index in [1.165, 1.54) is 25.6 Å². The fraction of sp³-hybridized carbons (Fsp3) is 0.250. The molecule has 0 atom stereocenters. The van der Waals surface area contributed by atoms with E-state index in [9.17, 15) is 9.59 Å². The van der Waals surface area contributed by atoms with Gasteiger partial charge in [-0.1, -0.05) is 12.1 Å². The largest absolute Gasteiger partial charge is 0.496 e. The van der Waals surface area contributed by atoms with Crippen LogP contribution in [0, 0.1) is 6.92 Å². The molecule has 3 rings (SSSR count). The predicted octanol–water partition coefficient (Wildman–Crippen LogP) is 3.37. The number of carbonyl (C=O) groups is 2. The van der Waals surface area contributed by atoms with Gasteiger partial charge < -0.3 is 19.2 Å². The fourth-order valence-corrected chi connectivity index (χ4v) is 3.30. The molecular formula is C20H20N2O5S. The Morgan fingerprint density at radius 3 is 2.75 bits per heavy atom. The van der Waals surface area contributed by atoms with E-state index < -0.39 is 5.97 Å². The Labute approximate surface area is 166 Å². The zero-order chi connectivity index (χ0) is 20.1. The predicted molar refractivity (Wildman–Crippen MR) is 104 cm³/mol. The van der Waals surface area contributed by atoms with Gasteiger partial charge in [-0.25, -0.2) is 9.78 Å². The van der Waals surface area contributed by atoms with Crippen LogP contribution in [-0.2, 0) is 22.5 Å². The highest BCUT2D eigenvalue weighted by atomic mass is 32.1. The lowest BCUT2D eigenvalue weighted by molar-refractivity contribution is -0.120. The summed E-state index contributed by atoms with van der Waals surface area (Å²) in [6.07, 6.45) is 0.112. The van der Waals surface area contributed by atoms with Crippen molar-refractivity contribution in [2.75, 3.05) is 14.2 Å². The third-order valence-corrected chi connectivity index (χ3v) is 4.97. The van der Waals surface area contributed by atoms with Crippen molar-refractivity contribution in [3.63, 3.8) is 0 Å². The summed E-state index contributed by atoms with van der Waals surface area (Å²) in [7, 11) is 2.79. The number of aromatic nitrogens is 1. The van der Waals surface area contributed by atoms with E-state index in [-0.39, 0.29) is 18.9 Å². The number of rotatable bonds is 7. The topological polar surface area (TPSA) is 90.7 Å². The van der Waals surface area contributed by atoms with Crippen LogP contribution in [-0.4, -0.2) is 31.1 Å². The van der Waals surface area contributed by atoms with Crippen molar-refractivity contribution >= 4 is 23.2 Å². The number of oxazole rings is 1. The van der Waals surface area contributed by atoms with E-state index in [2.05, 4.69) is 10.3 Å². The monoisotopic (exact) mass is 400 g/mol. The number of carbonyl (C=O) groups excluding carboxylic acids is 2. The van der Waals surface area contributed by atoms with Gasteiger partial charge >= 0.3 is 5.97 Å². The van der Waals surface area contributed by atoms with E-state index in [0.717, 1.165) is 10.4 Å². The third kappa shape index (κ3) is 4.40. The van der Waals surface area contributed by atoms with Crippen LogP contribution in [0.4, 0.5) is 0 Å². The second kappa shape index (κ2) is 8.71. The molecule has 146 valence electrons. The number of benzene rings is 1. The molecule has 0 bridgehead atoms. The van der Waals surface area contributed by atoms with Gasteiger partial charge in [0.2, 0.25) is 11.8 Å². The highest BCUT2D eigenvalue weighted by molar-refractivity contribution is 7.13. The lowest BCUT2D eigenvalue weighted by Gasteiger charge is -2.10. The second-order valence-electron chi connectivity index (χ2n) is 5.98. The molecule has 0 aliphatic rings. The van der Waals surface area contributed by atoms with Crippen LogP contribution in [0.1, 0.15) is 27.4 Å². The molecule has 2 heterocycles. The highest BCUT2D eigenvalue weighted by Gasteiger charge is 2.16. The molecule has 8 heteroatoms. The standard InChI is InChI=1S/C20H20N2O5S/c1-12-15(22-19(27-12)17-5-4-8-28-17)10-18(23)21-11-13-6-7-16(25-2)14(9-13)20(24)26-3/h4-9H,10-11H2,1-3H3,(H,21,23). The summed E-state index contributed by atoms with van der Waals surface area (Å²) in [6, 6.07) is 8.93. The first-order valence-electron chi connectivity index (χ1n) is 8.54. The maximum Gasteiger partial charge on any atom is 0.341 e. The lowest BCUT2D eigenvalue weighted by Crippen LogP contribution is -2.25. The molecular weight excluding hydrogens is 380 g/mol. The maximum atomic E-state index is 12.3. The molecule has 0 aliphatic carbocycles. The van der Waals surface area contributed by atoms with Crippen LogP contribution in [0.3, 0.4) is 0 Å². The summed E-state index contributed by atoms with van der Waals surface area (Å²) in [6.45, 7) is 2.06. The molecule has 28 heavy (non-hydrogen) atoms. The zero-order valence-corrected chi connectivity index (χ0v) is 16.6. The second-order valence-corrected chi connectivity index (χ2v) is 6.93. The van der Waals surface area contributed by atoms with Gasteiger partial charge in [0.25, 0.3) is 0 Å². The van der Waals surface area contributed by atoms with Crippen molar-refractivity contribution in [1.29, 1.82) is 0 Å². The summed E-state index contributed by atoms with van der Waals surface area (Å²) in [5.74, 6) is 0.874. The minimum Gasteiger partial charge on any atom is -0.496 e. The summed E-state index contributed by atoms with van der Waals surface area (Å²) in [4.78, 5) is 29.5. The molecule has 0 fully saturated rings. The molecule has 0 saturated carbocycles. The van der Waals surface area contributed by atoms with E-state index in [1.807, 2.05) is 17.5 Å². The Bertz CT molecular complexity index is 979. The first-order chi connectivity index (χ1) is 13.5. The smallest absolute Gasteiger partial charge is 0.341 e. The van der Waals surface area contributed by atoms with Crippen molar-refractivity contribution in [3.05, 3.63) is 58.3 Å². The SMILES string of the molecule is COC(=O)c1cc(CNC(=O)Cc2nc(-c3cccs3)oc2C)ccc1OC. The van der Waals surface area contributed by atoms with Gasteiger partial charge in [-0.05, 0) is 36.1 Å². The number of thiophene rings is 1. The average molecular weight is 400 g/mol. The van der Waals surface area contributed by atoms with Crippen LogP contribution in [0.5, 0.6) is 5.75 Å². The van der Waals surface area contributed by atoms with E-state index in [1.54, 1.807) is 25.1 Å². The molecule has 1 N–H and O–H groups in total. The van der Waals surface area contributed by atoms with Crippen molar-refractivity contribution in [1.82, 2.24) is 10.3 Å². The number of esters is 1. The first-order valence-corrected chi connectivity index (χ1v) is 9.42. The van der Waals surface area contributed by atoms with E-state index in [4.69, 9.17) is 13.9 Å². The minimum atomic E-state index is -0.496. The molecule has 0 spiro atoms. The molecule has 1 aromatic carbocycles. The molecule has 3 aromatic rings. The Morgan fingerprint density at radius 2 is 2.07 bits per heavy atom. The van der Waals surface area contributed by atoms with E-state index >= 15 is 0 Å². The normalized spacial score (nSPS) is 10.5. The number of amides is 1. The zero-order valence-electron chi connectivity index (χ0n) is 15.8. The fourth-order valence-electron chi connectivity index (χ4n) is 2.65. The summed E-state index contributed by atoms with van der Waals surface area (Å²) in [5, 5.41) is 4.77. The number of methoxy groups -OCH3 is 2. The van der Waals surface area contributed by atoms with Gasteiger partial charge in [0.05, 0.1) is 31.2 Å². The molecule has 2 aromatic heterocycles. The number of hydrogen-bond acceptors (Lipinski definition) is 7. The number of nitrogens with zero attached hydrogens (tertiary/aromatic N) is 1. The molecule has 0 unspecified atom stereocenters. The highest BCUT2D eigenvalue weighted by Crippen LogP contribution is 2.26. The van der Waals surface area contributed by atoms with E-state index in [0.29, 0.717) is 28.7 Å². The number of ether oxygens (including phenoxy) is 2. The summed E-state index contributed by atoms with van der Waals surface area (Å²) in [5.41, 5.74) is 1.67.